The lowest BCUT2D eigenvalue weighted by Gasteiger charge is -2.32. The molecule has 0 saturated carbocycles. The molecule has 0 aliphatic carbocycles. The van der Waals surface area contributed by atoms with Crippen LogP contribution in [0.5, 0.6) is 5.75 Å². The highest BCUT2D eigenvalue weighted by atomic mass is 19.1. The molecule has 0 radical (unpaired) electrons. The van der Waals surface area contributed by atoms with Crippen molar-refractivity contribution in [2.45, 2.75) is 12.8 Å². The molecule has 0 unspecified atom stereocenters. The second-order valence-corrected chi connectivity index (χ2v) is 5.27. The number of amides is 1. The lowest BCUT2D eigenvalue weighted by atomic mass is 9.98. The summed E-state index contributed by atoms with van der Waals surface area (Å²) in [5.74, 6) is -1.30. The van der Waals surface area contributed by atoms with E-state index in [0.717, 1.165) is 31.5 Å². The molecule has 21 heavy (non-hydrogen) atoms. The van der Waals surface area contributed by atoms with E-state index in [1.165, 1.54) is 6.07 Å². The first-order valence-corrected chi connectivity index (χ1v) is 7.10. The van der Waals surface area contributed by atoms with Crippen LogP contribution in [0.4, 0.5) is 8.78 Å². The van der Waals surface area contributed by atoms with Crippen LogP contribution in [0.3, 0.4) is 0 Å². The number of hydrogen-bond donors (Lipinski definition) is 1. The number of piperidine rings is 1. The molecule has 0 spiro atoms. The lowest BCUT2D eigenvalue weighted by molar-refractivity contribution is -0.135. The number of likely N-dealkylation sites (tertiary alicyclic amines) is 1. The van der Waals surface area contributed by atoms with E-state index in [1.807, 2.05) is 7.05 Å². The maximum atomic E-state index is 13.4. The molecule has 1 amide bonds. The van der Waals surface area contributed by atoms with Crippen molar-refractivity contribution in [3.8, 4) is 5.75 Å². The highest BCUT2D eigenvalue weighted by Crippen LogP contribution is 2.19. The summed E-state index contributed by atoms with van der Waals surface area (Å²) in [5.41, 5.74) is 0. The van der Waals surface area contributed by atoms with E-state index < -0.39 is 11.6 Å². The minimum atomic E-state index is -0.797. The second-order valence-electron chi connectivity index (χ2n) is 5.27. The Hall–Kier alpha value is -1.69. The average Bonchev–Trinajstić information content (AvgIpc) is 2.47. The van der Waals surface area contributed by atoms with Crippen molar-refractivity contribution in [3.05, 3.63) is 29.8 Å². The molecule has 0 bridgehead atoms. The predicted octanol–water partition coefficient (Wildman–Crippen LogP) is 1.80. The first-order chi connectivity index (χ1) is 10.1. The minimum absolute atomic E-state index is 0.103. The Kier molecular flexibility index (Phi) is 5.50. The van der Waals surface area contributed by atoms with Gasteiger partial charge >= 0.3 is 0 Å². The number of benzene rings is 1. The second kappa shape index (κ2) is 7.36. The van der Waals surface area contributed by atoms with Gasteiger partial charge in [0.05, 0.1) is 0 Å². The van der Waals surface area contributed by atoms with Crippen LogP contribution in [0.25, 0.3) is 0 Å². The summed E-state index contributed by atoms with van der Waals surface area (Å²) < 4.78 is 31.3. The number of halogens is 2. The largest absolute Gasteiger partial charge is 0.481 e. The molecular weight excluding hydrogens is 278 g/mol. The van der Waals surface area contributed by atoms with Gasteiger partial charge in [-0.25, -0.2) is 8.78 Å². The van der Waals surface area contributed by atoms with Crippen LogP contribution in [0.2, 0.25) is 0 Å². The molecule has 2 rings (SSSR count). The molecule has 116 valence electrons. The van der Waals surface area contributed by atoms with Crippen LogP contribution in [0, 0.1) is 17.6 Å². The van der Waals surface area contributed by atoms with Crippen LogP contribution in [-0.4, -0.2) is 44.1 Å². The smallest absolute Gasteiger partial charge is 0.260 e. The van der Waals surface area contributed by atoms with E-state index in [1.54, 1.807) is 4.90 Å². The zero-order valence-electron chi connectivity index (χ0n) is 12.1. The molecule has 1 N–H and O–H groups in total. The molecule has 4 nitrogen and oxygen atoms in total. The molecular formula is C15H20F2N2O2. The Labute approximate surface area is 123 Å². The molecule has 1 heterocycles. The third-order valence-electron chi connectivity index (χ3n) is 3.61. The van der Waals surface area contributed by atoms with Gasteiger partial charge in [-0.1, -0.05) is 0 Å². The Morgan fingerprint density at radius 1 is 1.48 bits per heavy atom. The number of ether oxygens (including phenoxy) is 1. The number of carbonyl (C=O) groups excluding carboxylic acids is 1. The summed E-state index contributed by atoms with van der Waals surface area (Å²) in [6.45, 7) is 2.04. The van der Waals surface area contributed by atoms with Gasteiger partial charge in [0.1, 0.15) is 5.82 Å². The first-order valence-electron chi connectivity index (χ1n) is 7.10. The molecule has 1 aliphatic heterocycles. The average molecular weight is 298 g/mol. The normalized spacial score (nSPS) is 18.6. The molecule has 6 heteroatoms. The maximum absolute atomic E-state index is 13.4. The van der Waals surface area contributed by atoms with E-state index in [4.69, 9.17) is 4.74 Å². The summed E-state index contributed by atoms with van der Waals surface area (Å²) in [7, 11) is 1.89. The monoisotopic (exact) mass is 298 g/mol. The molecule has 0 aromatic heterocycles. The highest BCUT2D eigenvalue weighted by molar-refractivity contribution is 5.77. The van der Waals surface area contributed by atoms with Crippen molar-refractivity contribution in [1.82, 2.24) is 10.2 Å². The molecule has 1 saturated heterocycles. The molecule has 1 aromatic carbocycles. The van der Waals surface area contributed by atoms with Crippen LogP contribution in [0.15, 0.2) is 18.2 Å². The lowest BCUT2D eigenvalue weighted by Crippen LogP contribution is -2.44. The molecule has 1 aromatic rings. The van der Waals surface area contributed by atoms with Crippen molar-refractivity contribution in [2.75, 3.05) is 33.3 Å². The summed E-state index contributed by atoms with van der Waals surface area (Å²) >= 11 is 0. The van der Waals surface area contributed by atoms with E-state index in [2.05, 4.69) is 5.32 Å². The predicted molar refractivity (Wildman–Crippen MR) is 75.1 cm³/mol. The van der Waals surface area contributed by atoms with Crippen LogP contribution < -0.4 is 10.1 Å². The maximum Gasteiger partial charge on any atom is 0.260 e. The van der Waals surface area contributed by atoms with Crippen molar-refractivity contribution in [2.24, 2.45) is 5.92 Å². The van der Waals surface area contributed by atoms with E-state index in [9.17, 15) is 13.6 Å². The number of rotatable bonds is 5. The van der Waals surface area contributed by atoms with Gasteiger partial charge in [0, 0.05) is 19.2 Å². The first kappa shape index (κ1) is 15.7. The van der Waals surface area contributed by atoms with Gasteiger partial charge in [0.2, 0.25) is 0 Å². The third kappa shape index (κ3) is 4.39. The Morgan fingerprint density at radius 2 is 2.29 bits per heavy atom. The van der Waals surface area contributed by atoms with Gasteiger partial charge < -0.3 is 15.0 Å². The molecule has 1 aliphatic rings. The van der Waals surface area contributed by atoms with E-state index in [-0.39, 0.29) is 18.3 Å². The molecule has 1 atom stereocenters. The fourth-order valence-corrected chi connectivity index (χ4v) is 2.57. The van der Waals surface area contributed by atoms with E-state index in [0.29, 0.717) is 19.0 Å². The van der Waals surface area contributed by atoms with Crippen molar-refractivity contribution >= 4 is 5.91 Å². The topological polar surface area (TPSA) is 41.6 Å². The summed E-state index contributed by atoms with van der Waals surface area (Å²) in [6, 6.07) is 3.04. The van der Waals surface area contributed by atoms with Crippen LogP contribution in [-0.2, 0) is 4.79 Å². The Balaban J connectivity index is 1.86. The number of nitrogens with zero attached hydrogens (tertiary/aromatic N) is 1. The highest BCUT2D eigenvalue weighted by Gasteiger charge is 2.23. The fourth-order valence-electron chi connectivity index (χ4n) is 2.57. The minimum Gasteiger partial charge on any atom is -0.481 e. The van der Waals surface area contributed by atoms with Gasteiger partial charge in [0.15, 0.2) is 18.2 Å². The van der Waals surface area contributed by atoms with Gasteiger partial charge in [0.25, 0.3) is 5.91 Å². The van der Waals surface area contributed by atoms with Crippen molar-refractivity contribution in [3.63, 3.8) is 0 Å². The van der Waals surface area contributed by atoms with Crippen LogP contribution >= 0.6 is 0 Å². The van der Waals surface area contributed by atoms with Gasteiger partial charge in [-0.15, -0.1) is 0 Å². The summed E-state index contributed by atoms with van der Waals surface area (Å²) in [5, 5.41) is 3.11. The summed E-state index contributed by atoms with van der Waals surface area (Å²) in [4.78, 5) is 13.8. The zero-order valence-corrected chi connectivity index (χ0v) is 12.1. The zero-order chi connectivity index (χ0) is 15.2. The summed E-state index contributed by atoms with van der Waals surface area (Å²) in [6.07, 6.45) is 2.06. The number of carbonyl (C=O) groups is 1. The number of hydrogen-bond acceptors (Lipinski definition) is 3. The Bertz CT molecular complexity index is 495. The Morgan fingerprint density at radius 3 is 3.00 bits per heavy atom. The van der Waals surface area contributed by atoms with Gasteiger partial charge in [-0.3, -0.25) is 4.79 Å². The number of nitrogens with one attached hydrogen (secondary N) is 1. The van der Waals surface area contributed by atoms with Gasteiger partial charge in [-0.2, -0.15) is 0 Å². The fraction of sp³-hybridized carbons (Fsp3) is 0.533. The standard InChI is InChI=1S/C15H20F2N2O2/c1-18-8-11-3-2-6-19(9-11)15(20)10-21-14-5-4-12(16)7-13(14)17/h4-5,7,11,18H,2-3,6,8-10H2,1H3/t11-/m1/s1. The SMILES string of the molecule is CNC[C@H]1CCCN(C(=O)COc2ccc(F)cc2F)C1. The van der Waals surface area contributed by atoms with Crippen molar-refractivity contribution < 1.29 is 18.3 Å². The van der Waals surface area contributed by atoms with Crippen LogP contribution in [0.1, 0.15) is 12.8 Å². The molecule has 1 fully saturated rings. The third-order valence-corrected chi connectivity index (χ3v) is 3.61. The quantitative estimate of drug-likeness (QED) is 0.901. The van der Waals surface area contributed by atoms with E-state index >= 15 is 0 Å². The van der Waals surface area contributed by atoms with Gasteiger partial charge in [-0.05, 0) is 44.5 Å². The van der Waals surface area contributed by atoms with Crippen molar-refractivity contribution in [1.29, 1.82) is 0 Å².